The number of benzene rings is 9. The highest BCUT2D eigenvalue weighted by atomic mass is 14.2. The maximum Gasteiger partial charge on any atom is -0.00199 e. The zero-order valence-corrected chi connectivity index (χ0v) is 25.0. The van der Waals surface area contributed by atoms with Crippen LogP contribution in [0.15, 0.2) is 158 Å². The predicted molar refractivity (Wildman–Crippen MR) is 200 cm³/mol. The summed E-state index contributed by atoms with van der Waals surface area (Å²) in [5.41, 5.74) is 5.07. The van der Waals surface area contributed by atoms with Gasteiger partial charge < -0.3 is 0 Å². The standard InChI is InChI=1S/C46H26/c1-2-10-27(11-3-1)29-12-4-5-13-30(29)33-22-23-39-41-24-28-20-21-34-37-18-8-16-35-31-14-6-7-15-32(31)44(46(35)37)26-42(34)40(28)25-43(41)38-19-9-17-36(33)45(38)39/h1-26H. The molecule has 11 aromatic carbocycles. The van der Waals surface area contributed by atoms with Gasteiger partial charge in [-0.05, 0) is 127 Å². The molecule has 0 spiro atoms. The lowest BCUT2D eigenvalue weighted by molar-refractivity contribution is 1.60. The highest BCUT2D eigenvalue weighted by Crippen LogP contribution is 2.47. The van der Waals surface area contributed by atoms with Crippen LogP contribution in [0.1, 0.15) is 0 Å². The number of hydrogen-bond acceptors (Lipinski definition) is 0. The Bertz CT molecular complexity index is 3000. The molecule has 0 saturated heterocycles. The number of fused-ring (bicyclic) bond motifs is 10. The number of hydrogen-bond donors (Lipinski definition) is 0. The molecule has 0 unspecified atom stereocenters. The van der Waals surface area contributed by atoms with Crippen LogP contribution in [0.25, 0.3) is 108 Å². The average Bonchev–Trinajstić information content (AvgIpc) is 3.62. The Morgan fingerprint density at radius 2 is 0.717 bits per heavy atom. The van der Waals surface area contributed by atoms with E-state index in [0.29, 0.717) is 0 Å². The van der Waals surface area contributed by atoms with Crippen molar-refractivity contribution in [1.82, 2.24) is 0 Å². The molecular formula is C46H26. The molecule has 0 heteroatoms. The van der Waals surface area contributed by atoms with Gasteiger partial charge in [-0.1, -0.05) is 140 Å². The summed E-state index contributed by atoms with van der Waals surface area (Å²) in [6, 6.07) is 58.9. The molecule has 0 amide bonds. The molecule has 0 bridgehead atoms. The zero-order chi connectivity index (χ0) is 29.9. The van der Waals surface area contributed by atoms with Crippen molar-refractivity contribution < 1.29 is 0 Å². The first-order chi connectivity index (χ1) is 22.8. The smallest absolute Gasteiger partial charge is 0.00199 e. The lowest BCUT2D eigenvalue weighted by Crippen LogP contribution is -1.86. The Kier molecular flexibility index (Phi) is 4.66. The second kappa shape index (κ2) is 8.81. The third-order valence-corrected chi connectivity index (χ3v) is 10.5. The van der Waals surface area contributed by atoms with E-state index in [1.54, 1.807) is 0 Å². The molecular weight excluding hydrogens is 553 g/mol. The first kappa shape index (κ1) is 24.4. The van der Waals surface area contributed by atoms with Crippen molar-refractivity contribution in [3.63, 3.8) is 0 Å². The molecule has 0 fully saturated rings. The van der Waals surface area contributed by atoms with Crippen LogP contribution in [0, 0.1) is 0 Å². The van der Waals surface area contributed by atoms with Crippen molar-refractivity contribution >= 4 is 86.2 Å². The molecule has 0 nitrogen and oxygen atoms in total. The van der Waals surface area contributed by atoms with Gasteiger partial charge in [0.15, 0.2) is 0 Å². The van der Waals surface area contributed by atoms with Gasteiger partial charge in [0, 0.05) is 0 Å². The Morgan fingerprint density at radius 3 is 1.52 bits per heavy atom. The molecule has 46 heavy (non-hydrogen) atoms. The molecule has 0 aromatic heterocycles. The molecule has 0 N–H and O–H groups in total. The molecule has 0 aliphatic heterocycles. The normalized spacial score (nSPS) is 12.3. The highest BCUT2D eigenvalue weighted by molar-refractivity contribution is 6.38. The minimum absolute atomic E-state index is 1.24. The molecule has 0 atom stereocenters. The van der Waals surface area contributed by atoms with E-state index in [9.17, 15) is 0 Å². The minimum atomic E-state index is 1.24. The van der Waals surface area contributed by atoms with Gasteiger partial charge in [0.25, 0.3) is 0 Å². The predicted octanol–water partition coefficient (Wildman–Crippen LogP) is 13.1. The van der Waals surface area contributed by atoms with Crippen LogP contribution in [0.2, 0.25) is 0 Å². The highest BCUT2D eigenvalue weighted by Gasteiger charge is 2.19. The van der Waals surface area contributed by atoms with Crippen molar-refractivity contribution in [2.45, 2.75) is 0 Å². The van der Waals surface area contributed by atoms with Gasteiger partial charge in [-0.15, -0.1) is 0 Å². The van der Waals surface area contributed by atoms with Crippen LogP contribution >= 0.6 is 0 Å². The first-order valence-electron chi connectivity index (χ1n) is 16.1. The lowest BCUT2D eigenvalue weighted by atomic mass is 9.90. The third kappa shape index (κ3) is 3.08. The van der Waals surface area contributed by atoms with Gasteiger partial charge in [0.1, 0.15) is 0 Å². The fourth-order valence-corrected chi connectivity index (χ4v) is 8.58. The SMILES string of the molecule is c1ccc(-c2ccccc2-c2ccc3c4cc5ccc6c(cc7c8ccccc8c8cccc6c87)c5cc4c4cccc2c34)cc1. The van der Waals surface area contributed by atoms with Crippen molar-refractivity contribution in [1.29, 1.82) is 0 Å². The number of rotatable bonds is 2. The average molecular weight is 579 g/mol. The minimum Gasteiger partial charge on any atom is -0.0622 e. The maximum absolute atomic E-state index is 2.47. The van der Waals surface area contributed by atoms with E-state index >= 15 is 0 Å². The maximum atomic E-state index is 2.47. The van der Waals surface area contributed by atoms with Crippen molar-refractivity contribution in [3.8, 4) is 22.3 Å². The molecule has 0 heterocycles. The molecule has 11 aromatic rings. The summed E-state index contributed by atoms with van der Waals surface area (Å²) in [7, 11) is 0. The summed E-state index contributed by atoms with van der Waals surface area (Å²) in [5, 5.41) is 21.4. The van der Waals surface area contributed by atoms with Crippen molar-refractivity contribution in [2.24, 2.45) is 0 Å². The Morgan fingerprint density at radius 1 is 0.217 bits per heavy atom. The van der Waals surface area contributed by atoms with Crippen LogP contribution in [0.5, 0.6) is 0 Å². The largest absolute Gasteiger partial charge is 0.0622 e. The molecule has 0 saturated carbocycles. The lowest BCUT2D eigenvalue weighted by Gasteiger charge is -2.13. The van der Waals surface area contributed by atoms with Gasteiger partial charge in [0.2, 0.25) is 0 Å². The van der Waals surface area contributed by atoms with Crippen LogP contribution in [0.4, 0.5) is 0 Å². The van der Waals surface area contributed by atoms with E-state index in [4.69, 9.17) is 0 Å². The summed E-state index contributed by atoms with van der Waals surface area (Å²) in [6.07, 6.45) is 0. The summed E-state index contributed by atoms with van der Waals surface area (Å²) >= 11 is 0. The van der Waals surface area contributed by atoms with Crippen LogP contribution in [-0.2, 0) is 0 Å². The van der Waals surface area contributed by atoms with E-state index in [-0.39, 0.29) is 0 Å². The first-order valence-corrected chi connectivity index (χ1v) is 16.1. The van der Waals surface area contributed by atoms with Crippen LogP contribution < -0.4 is 0 Å². The summed E-state index contributed by atoms with van der Waals surface area (Å²) in [5.74, 6) is 0. The second-order valence-corrected chi connectivity index (χ2v) is 12.8. The fraction of sp³-hybridized carbons (Fsp3) is 0. The molecule has 0 aliphatic rings. The molecule has 11 rings (SSSR count). The van der Waals surface area contributed by atoms with Gasteiger partial charge >= 0.3 is 0 Å². The van der Waals surface area contributed by atoms with Gasteiger partial charge in [-0.25, -0.2) is 0 Å². The summed E-state index contributed by atoms with van der Waals surface area (Å²) in [4.78, 5) is 0. The van der Waals surface area contributed by atoms with Crippen molar-refractivity contribution in [3.05, 3.63) is 158 Å². The Balaban J connectivity index is 1.23. The quantitative estimate of drug-likeness (QED) is 0.179. The zero-order valence-electron chi connectivity index (χ0n) is 25.0. The summed E-state index contributed by atoms with van der Waals surface area (Å²) in [6.45, 7) is 0. The monoisotopic (exact) mass is 578 g/mol. The topological polar surface area (TPSA) is 0 Å². The molecule has 0 aliphatic carbocycles. The van der Waals surface area contributed by atoms with E-state index < -0.39 is 0 Å². The van der Waals surface area contributed by atoms with Crippen LogP contribution in [-0.4, -0.2) is 0 Å². The summed E-state index contributed by atoms with van der Waals surface area (Å²) < 4.78 is 0. The van der Waals surface area contributed by atoms with Gasteiger partial charge in [-0.3, -0.25) is 0 Å². The Labute approximate surface area is 265 Å². The van der Waals surface area contributed by atoms with Gasteiger partial charge in [-0.2, -0.15) is 0 Å². The van der Waals surface area contributed by atoms with E-state index in [1.807, 2.05) is 0 Å². The van der Waals surface area contributed by atoms with E-state index in [2.05, 4.69) is 158 Å². The van der Waals surface area contributed by atoms with Crippen molar-refractivity contribution in [2.75, 3.05) is 0 Å². The molecule has 210 valence electrons. The third-order valence-electron chi connectivity index (χ3n) is 10.5. The van der Waals surface area contributed by atoms with E-state index in [1.165, 1.54) is 108 Å². The van der Waals surface area contributed by atoms with E-state index in [0.717, 1.165) is 0 Å². The molecule has 0 radical (unpaired) electrons. The van der Waals surface area contributed by atoms with Crippen LogP contribution in [0.3, 0.4) is 0 Å². The second-order valence-electron chi connectivity index (χ2n) is 12.8. The van der Waals surface area contributed by atoms with Gasteiger partial charge in [0.05, 0.1) is 0 Å². The Hall–Kier alpha value is -5.98. The fourth-order valence-electron chi connectivity index (χ4n) is 8.58.